The zero-order valence-electron chi connectivity index (χ0n) is 16.4. The van der Waals surface area contributed by atoms with Crippen LogP contribution in [0.4, 0.5) is 4.79 Å². The first-order valence-electron chi connectivity index (χ1n) is 9.92. The fraction of sp³-hybridized carbons (Fsp3) is 0.619. The number of nitrogens with one attached hydrogen (secondary N) is 1. The molecule has 6 nitrogen and oxygen atoms in total. The third kappa shape index (κ3) is 4.80. The largest absolute Gasteiger partial charge is 0.481 e. The van der Waals surface area contributed by atoms with Crippen LogP contribution in [0.2, 0.25) is 0 Å². The lowest BCUT2D eigenvalue weighted by Crippen LogP contribution is -2.54. The van der Waals surface area contributed by atoms with Crippen LogP contribution in [-0.4, -0.2) is 58.6 Å². The number of piperidine rings is 1. The summed E-state index contributed by atoms with van der Waals surface area (Å²) >= 11 is 0. The third-order valence-electron chi connectivity index (χ3n) is 6.04. The zero-order valence-corrected chi connectivity index (χ0v) is 16.4. The van der Waals surface area contributed by atoms with Crippen LogP contribution < -0.4 is 5.32 Å². The number of benzene rings is 1. The highest BCUT2D eigenvalue weighted by Gasteiger charge is 2.38. The van der Waals surface area contributed by atoms with Crippen molar-refractivity contribution >= 4 is 12.0 Å². The van der Waals surface area contributed by atoms with E-state index in [0.29, 0.717) is 26.1 Å². The molecule has 2 aliphatic heterocycles. The van der Waals surface area contributed by atoms with Crippen LogP contribution in [0.3, 0.4) is 0 Å². The lowest BCUT2D eigenvalue weighted by Gasteiger charge is -2.38. The maximum absolute atomic E-state index is 12.7. The van der Waals surface area contributed by atoms with E-state index < -0.39 is 11.9 Å². The van der Waals surface area contributed by atoms with Gasteiger partial charge >= 0.3 is 12.0 Å². The first-order valence-corrected chi connectivity index (χ1v) is 9.92. The molecule has 27 heavy (non-hydrogen) atoms. The zero-order chi connectivity index (χ0) is 19.4. The predicted octanol–water partition coefficient (Wildman–Crippen LogP) is 2.79. The average molecular weight is 373 g/mol. The Morgan fingerprint density at radius 3 is 2.70 bits per heavy atom. The Kier molecular flexibility index (Phi) is 6.05. The van der Waals surface area contributed by atoms with Gasteiger partial charge < -0.3 is 15.3 Å². The van der Waals surface area contributed by atoms with Gasteiger partial charge in [-0.1, -0.05) is 37.3 Å². The van der Waals surface area contributed by atoms with Crippen molar-refractivity contribution in [3.05, 3.63) is 35.9 Å². The predicted molar refractivity (Wildman–Crippen MR) is 104 cm³/mol. The van der Waals surface area contributed by atoms with Crippen LogP contribution in [0.1, 0.15) is 38.7 Å². The van der Waals surface area contributed by atoms with E-state index in [4.69, 9.17) is 0 Å². The number of carbonyl (C=O) groups is 2. The van der Waals surface area contributed by atoms with Crippen LogP contribution in [0.25, 0.3) is 0 Å². The van der Waals surface area contributed by atoms with Gasteiger partial charge in [-0.05, 0) is 44.2 Å². The summed E-state index contributed by atoms with van der Waals surface area (Å²) in [6.45, 7) is 7.65. The van der Waals surface area contributed by atoms with Crippen molar-refractivity contribution in [1.29, 1.82) is 0 Å². The molecule has 1 aromatic rings. The Hall–Kier alpha value is -2.08. The highest BCUT2D eigenvalue weighted by Crippen LogP contribution is 2.30. The Balaban J connectivity index is 1.57. The second kappa shape index (κ2) is 8.30. The summed E-state index contributed by atoms with van der Waals surface area (Å²) < 4.78 is 0. The molecule has 3 rings (SSSR count). The molecule has 3 unspecified atom stereocenters. The van der Waals surface area contributed by atoms with Crippen LogP contribution in [0.5, 0.6) is 0 Å². The first-order chi connectivity index (χ1) is 12.9. The number of urea groups is 1. The van der Waals surface area contributed by atoms with Gasteiger partial charge in [0.1, 0.15) is 0 Å². The first kappa shape index (κ1) is 19.7. The number of aliphatic carboxylic acids is 1. The number of carbonyl (C=O) groups excluding carboxylic acids is 1. The van der Waals surface area contributed by atoms with E-state index in [2.05, 4.69) is 41.4 Å². The maximum Gasteiger partial charge on any atom is 0.317 e. The Morgan fingerprint density at radius 2 is 2.00 bits per heavy atom. The molecular weight excluding hydrogens is 342 g/mol. The van der Waals surface area contributed by atoms with Crippen molar-refractivity contribution < 1.29 is 14.7 Å². The molecule has 2 fully saturated rings. The lowest BCUT2D eigenvalue weighted by atomic mass is 9.91. The van der Waals surface area contributed by atoms with E-state index in [1.165, 1.54) is 5.56 Å². The minimum absolute atomic E-state index is 0.0703. The molecule has 0 radical (unpaired) electrons. The number of rotatable bonds is 5. The minimum atomic E-state index is -0.809. The summed E-state index contributed by atoms with van der Waals surface area (Å²) in [6, 6.07) is 10.3. The van der Waals surface area contributed by atoms with Crippen molar-refractivity contribution in [2.45, 2.75) is 45.2 Å². The summed E-state index contributed by atoms with van der Waals surface area (Å²) in [5.41, 5.74) is 1.21. The van der Waals surface area contributed by atoms with Crippen molar-refractivity contribution in [3.63, 3.8) is 0 Å². The Labute approximate surface area is 161 Å². The van der Waals surface area contributed by atoms with E-state index in [-0.39, 0.29) is 17.5 Å². The van der Waals surface area contributed by atoms with E-state index in [0.717, 1.165) is 25.9 Å². The molecule has 0 bridgehead atoms. The average Bonchev–Trinajstić information content (AvgIpc) is 3.01. The van der Waals surface area contributed by atoms with Gasteiger partial charge in [0.05, 0.1) is 5.92 Å². The van der Waals surface area contributed by atoms with Gasteiger partial charge in [-0.2, -0.15) is 0 Å². The van der Waals surface area contributed by atoms with Crippen LogP contribution in [0.15, 0.2) is 30.3 Å². The number of hydrogen-bond acceptors (Lipinski definition) is 3. The smallest absolute Gasteiger partial charge is 0.317 e. The van der Waals surface area contributed by atoms with Gasteiger partial charge in [0.25, 0.3) is 0 Å². The molecule has 148 valence electrons. The summed E-state index contributed by atoms with van der Waals surface area (Å²) in [5.74, 6) is -1.06. The Bertz CT molecular complexity index is 666. The van der Waals surface area contributed by atoms with Gasteiger partial charge in [-0.25, -0.2) is 4.79 Å². The number of nitrogens with zero attached hydrogens (tertiary/aromatic N) is 2. The Morgan fingerprint density at radius 1 is 1.26 bits per heavy atom. The van der Waals surface area contributed by atoms with Crippen LogP contribution in [-0.2, 0) is 11.3 Å². The molecule has 2 N–H and O–H groups in total. The maximum atomic E-state index is 12.7. The lowest BCUT2D eigenvalue weighted by molar-refractivity contribution is -0.143. The molecule has 2 saturated heterocycles. The fourth-order valence-electron chi connectivity index (χ4n) is 4.43. The fourth-order valence-corrected chi connectivity index (χ4v) is 4.43. The summed E-state index contributed by atoms with van der Waals surface area (Å²) in [7, 11) is 0. The van der Waals surface area contributed by atoms with Gasteiger partial charge in [-0.15, -0.1) is 0 Å². The summed E-state index contributed by atoms with van der Waals surface area (Å²) in [6.07, 6.45) is 2.82. The van der Waals surface area contributed by atoms with E-state index >= 15 is 0 Å². The number of carboxylic acid groups (broad SMARTS) is 1. The van der Waals surface area contributed by atoms with Crippen molar-refractivity contribution in [2.75, 3.05) is 26.2 Å². The number of likely N-dealkylation sites (tertiary alicyclic amines) is 2. The quantitative estimate of drug-likeness (QED) is 0.832. The number of amides is 2. The van der Waals surface area contributed by atoms with E-state index in [9.17, 15) is 14.7 Å². The molecule has 0 saturated carbocycles. The molecule has 0 aliphatic carbocycles. The molecule has 3 atom stereocenters. The van der Waals surface area contributed by atoms with E-state index in [1.807, 2.05) is 13.0 Å². The van der Waals surface area contributed by atoms with Gasteiger partial charge in [-0.3, -0.25) is 9.69 Å². The van der Waals surface area contributed by atoms with Crippen molar-refractivity contribution in [1.82, 2.24) is 15.1 Å². The van der Waals surface area contributed by atoms with E-state index in [1.54, 1.807) is 4.90 Å². The van der Waals surface area contributed by atoms with Gasteiger partial charge in [0, 0.05) is 31.7 Å². The number of carboxylic acids is 1. The van der Waals surface area contributed by atoms with Crippen molar-refractivity contribution in [2.24, 2.45) is 11.8 Å². The second-order valence-electron chi connectivity index (χ2n) is 8.45. The highest BCUT2D eigenvalue weighted by molar-refractivity contribution is 5.76. The topological polar surface area (TPSA) is 72.9 Å². The monoisotopic (exact) mass is 373 g/mol. The SMILES string of the molecule is CC1CC(C(=O)O)CN(C(=O)NCC2(C)CCCN2Cc2ccccc2)C1. The highest BCUT2D eigenvalue weighted by atomic mass is 16.4. The molecule has 0 spiro atoms. The third-order valence-corrected chi connectivity index (χ3v) is 6.04. The van der Waals surface area contributed by atoms with Gasteiger partial charge in [0.2, 0.25) is 0 Å². The molecule has 0 aromatic heterocycles. The second-order valence-corrected chi connectivity index (χ2v) is 8.45. The molecule has 2 amide bonds. The number of hydrogen-bond donors (Lipinski definition) is 2. The van der Waals surface area contributed by atoms with Gasteiger partial charge in [0.15, 0.2) is 0 Å². The molecule has 2 heterocycles. The van der Waals surface area contributed by atoms with Crippen molar-refractivity contribution in [3.8, 4) is 0 Å². The standard InChI is InChI=1S/C21H31N3O3/c1-16-11-18(19(25)26)14-23(12-16)20(27)22-15-21(2)9-6-10-24(21)13-17-7-4-3-5-8-17/h3-5,7-8,16,18H,6,9-15H2,1-2H3,(H,22,27)(H,25,26). The molecule has 2 aliphatic rings. The molecule has 6 heteroatoms. The van der Waals surface area contributed by atoms with Crippen LogP contribution in [0, 0.1) is 11.8 Å². The molecule has 1 aromatic carbocycles. The van der Waals surface area contributed by atoms with Crippen LogP contribution >= 0.6 is 0 Å². The summed E-state index contributed by atoms with van der Waals surface area (Å²) in [5, 5.41) is 12.4. The molecular formula is C21H31N3O3. The minimum Gasteiger partial charge on any atom is -0.481 e. The normalized spacial score (nSPS) is 28.9. The summed E-state index contributed by atoms with van der Waals surface area (Å²) in [4.78, 5) is 28.1.